The molecule has 0 aliphatic rings. The smallest absolute Gasteiger partial charge is 0.337 e. The minimum absolute atomic E-state index is 0.130. The predicted molar refractivity (Wildman–Crippen MR) is 72.6 cm³/mol. The Morgan fingerprint density at radius 3 is 2.65 bits per heavy atom. The van der Waals surface area contributed by atoms with Crippen LogP contribution >= 0.6 is 0 Å². The van der Waals surface area contributed by atoms with Gasteiger partial charge in [0.2, 0.25) is 20.7 Å². The van der Waals surface area contributed by atoms with Gasteiger partial charge in [0.05, 0.1) is 0 Å². The maximum absolute atomic E-state index is 12.0. The first-order valence-corrected chi connectivity index (χ1v) is 7.99. The van der Waals surface area contributed by atoms with Crippen molar-refractivity contribution in [2.24, 2.45) is 0 Å². The van der Waals surface area contributed by atoms with Crippen LogP contribution in [0.1, 0.15) is 25.3 Å². The number of unbranched alkanes of at least 4 members (excludes halogenated alkanes) is 1. The topological polar surface area (TPSA) is 110 Å². The Morgan fingerprint density at radius 1 is 1.35 bits per heavy atom. The fourth-order valence-corrected chi connectivity index (χ4v) is 2.40. The summed E-state index contributed by atoms with van der Waals surface area (Å²) in [5.41, 5.74) is -0.994. The molecule has 0 unspecified atom stereocenters. The lowest BCUT2D eigenvalue weighted by molar-refractivity contribution is 0.536. The van der Waals surface area contributed by atoms with Gasteiger partial charge in [-0.25, -0.2) is 13.2 Å². The molecule has 8 heteroatoms. The van der Waals surface area contributed by atoms with Gasteiger partial charge in [0, 0.05) is 12.3 Å². The summed E-state index contributed by atoms with van der Waals surface area (Å²) in [5.74, 6) is 0. The molecule has 0 radical (unpaired) electrons. The Labute approximate surface area is 114 Å². The number of aryl methyl sites for hydroxylation is 1. The summed E-state index contributed by atoms with van der Waals surface area (Å²) in [7, 11) is -3.69. The zero-order valence-corrected chi connectivity index (χ0v) is 11.9. The molecular weight excluding hydrogens is 284 g/mol. The highest BCUT2D eigenvalue weighted by molar-refractivity contribution is 7.90. The van der Waals surface area contributed by atoms with Gasteiger partial charge in [-0.05, 0) is 18.4 Å². The van der Waals surface area contributed by atoms with Gasteiger partial charge in [0.1, 0.15) is 5.39 Å². The van der Waals surface area contributed by atoms with Crippen molar-refractivity contribution in [1.29, 1.82) is 0 Å². The monoisotopic (exact) mass is 298 g/mol. The SMILES string of the molecule is CCCCc1cc(=O)oc2nc(S(C)(=O)=O)[nH]c(=O)c12. The van der Waals surface area contributed by atoms with Gasteiger partial charge in [-0.2, -0.15) is 4.98 Å². The molecule has 108 valence electrons. The highest BCUT2D eigenvalue weighted by atomic mass is 32.2. The quantitative estimate of drug-likeness (QED) is 0.829. The molecule has 0 aromatic carbocycles. The second kappa shape index (κ2) is 5.20. The van der Waals surface area contributed by atoms with Gasteiger partial charge in [0.25, 0.3) is 5.56 Å². The largest absolute Gasteiger partial charge is 0.403 e. The summed E-state index contributed by atoms with van der Waals surface area (Å²) in [5, 5.41) is -0.378. The highest BCUT2D eigenvalue weighted by Gasteiger charge is 2.17. The molecule has 2 rings (SSSR count). The summed E-state index contributed by atoms with van der Waals surface area (Å²) in [4.78, 5) is 29.4. The number of hydrogen-bond donors (Lipinski definition) is 1. The molecule has 0 fully saturated rings. The van der Waals surface area contributed by atoms with Gasteiger partial charge in [-0.1, -0.05) is 13.3 Å². The summed E-state index contributed by atoms with van der Waals surface area (Å²) >= 11 is 0. The van der Waals surface area contributed by atoms with Gasteiger partial charge < -0.3 is 4.42 Å². The number of aromatic nitrogens is 2. The minimum atomic E-state index is -3.69. The summed E-state index contributed by atoms with van der Waals surface area (Å²) < 4.78 is 27.7. The molecule has 7 nitrogen and oxygen atoms in total. The third-order valence-corrected chi connectivity index (χ3v) is 3.72. The van der Waals surface area contributed by atoms with E-state index in [2.05, 4.69) is 9.97 Å². The third-order valence-electron chi connectivity index (χ3n) is 2.83. The zero-order valence-electron chi connectivity index (χ0n) is 11.1. The van der Waals surface area contributed by atoms with Crippen LogP contribution in [0.2, 0.25) is 0 Å². The molecular formula is C12H14N2O5S. The normalized spacial score (nSPS) is 11.9. The van der Waals surface area contributed by atoms with E-state index in [0.717, 1.165) is 19.1 Å². The van der Waals surface area contributed by atoms with Crippen LogP contribution in [0.25, 0.3) is 11.1 Å². The van der Waals surface area contributed by atoms with Crippen molar-refractivity contribution in [2.45, 2.75) is 31.3 Å². The number of hydrogen-bond acceptors (Lipinski definition) is 6. The average Bonchev–Trinajstić information content (AvgIpc) is 2.33. The van der Waals surface area contributed by atoms with Crippen molar-refractivity contribution in [3.05, 3.63) is 32.4 Å². The number of nitrogens with zero attached hydrogens (tertiary/aromatic N) is 1. The summed E-state index contributed by atoms with van der Waals surface area (Å²) in [6, 6.07) is 1.25. The van der Waals surface area contributed by atoms with Crippen LogP contribution in [-0.4, -0.2) is 24.6 Å². The molecule has 1 N–H and O–H groups in total. The van der Waals surface area contributed by atoms with Crippen LogP contribution in [0.4, 0.5) is 0 Å². The summed E-state index contributed by atoms with van der Waals surface area (Å²) in [6.07, 6.45) is 3.14. The van der Waals surface area contributed by atoms with Crippen LogP contribution in [0.5, 0.6) is 0 Å². The van der Waals surface area contributed by atoms with Gasteiger partial charge in [-0.15, -0.1) is 0 Å². The van der Waals surface area contributed by atoms with Gasteiger partial charge in [0.15, 0.2) is 0 Å². The number of fused-ring (bicyclic) bond motifs is 1. The van der Waals surface area contributed by atoms with Crippen LogP contribution in [-0.2, 0) is 16.3 Å². The molecule has 0 saturated heterocycles. The molecule has 0 saturated carbocycles. The van der Waals surface area contributed by atoms with E-state index in [1.54, 1.807) is 0 Å². The standard InChI is InChI=1S/C12H14N2O5S/c1-3-4-5-7-6-8(15)19-11-9(7)10(16)13-12(14-11)20(2,17)18/h6H,3-5H2,1-2H3,(H,13,14,16). The molecule has 0 aliphatic heterocycles. The second-order valence-corrected chi connectivity index (χ2v) is 6.45. The Hall–Kier alpha value is -1.96. The van der Waals surface area contributed by atoms with E-state index in [-0.39, 0.29) is 11.1 Å². The molecule has 0 bridgehead atoms. The Balaban J connectivity index is 2.80. The van der Waals surface area contributed by atoms with Crippen molar-refractivity contribution in [3.8, 4) is 0 Å². The molecule has 0 atom stereocenters. The zero-order chi connectivity index (χ0) is 14.9. The highest BCUT2D eigenvalue weighted by Crippen LogP contribution is 2.14. The lowest BCUT2D eigenvalue weighted by atomic mass is 10.1. The van der Waals surface area contributed by atoms with Crippen molar-refractivity contribution >= 4 is 20.9 Å². The molecule has 0 amide bonds. The first-order chi connectivity index (χ1) is 9.32. The second-order valence-electron chi connectivity index (χ2n) is 4.52. The van der Waals surface area contributed by atoms with Crippen LogP contribution in [0.15, 0.2) is 25.2 Å². The van der Waals surface area contributed by atoms with Crippen molar-refractivity contribution in [3.63, 3.8) is 0 Å². The maximum Gasteiger partial charge on any atom is 0.337 e. The predicted octanol–water partition coefficient (Wildman–Crippen LogP) is 0.622. The Bertz CT molecular complexity index is 864. The molecule has 2 aromatic rings. The summed E-state index contributed by atoms with van der Waals surface area (Å²) in [6.45, 7) is 1.98. The lowest BCUT2D eigenvalue weighted by Crippen LogP contribution is -2.18. The van der Waals surface area contributed by atoms with Crippen molar-refractivity contribution in [1.82, 2.24) is 9.97 Å². The fourth-order valence-electron chi connectivity index (χ4n) is 1.87. The van der Waals surface area contributed by atoms with E-state index in [0.29, 0.717) is 12.0 Å². The van der Waals surface area contributed by atoms with Crippen LogP contribution in [0.3, 0.4) is 0 Å². The first kappa shape index (κ1) is 14.4. The number of H-pyrrole nitrogens is 1. The molecule has 0 aliphatic carbocycles. The number of aromatic amines is 1. The molecule has 2 heterocycles. The molecule has 2 aromatic heterocycles. The minimum Gasteiger partial charge on any atom is -0.403 e. The fraction of sp³-hybridized carbons (Fsp3) is 0.417. The van der Waals surface area contributed by atoms with E-state index in [1.165, 1.54) is 6.07 Å². The third kappa shape index (κ3) is 2.79. The maximum atomic E-state index is 12.0. The number of nitrogens with one attached hydrogen (secondary N) is 1. The van der Waals surface area contributed by atoms with E-state index >= 15 is 0 Å². The van der Waals surface area contributed by atoms with Crippen molar-refractivity contribution < 1.29 is 12.8 Å². The van der Waals surface area contributed by atoms with Crippen LogP contribution < -0.4 is 11.2 Å². The lowest BCUT2D eigenvalue weighted by Gasteiger charge is -2.04. The van der Waals surface area contributed by atoms with E-state index in [1.807, 2.05) is 6.92 Å². The number of sulfone groups is 1. The van der Waals surface area contributed by atoms with Crippen molar-refractivity contribution in [2.75, 3.05) is 6.26 Å². The molecule has 20 heavy (non-hydrogen) atoms. The molecule has 0 spiro atoms. The van der Waals surface area contributed by atoms with E-state index in [9.17, 15) is 18.0 Å². The first-order valence-electron chi connectivity index (χ1n) is 6.10. The average molecular weight is 298 g/mol. The van der Waals surface area contributed by atoms with Gasteiger partial charge >= 0.3 is 5.63 Å². The van der Waals surface area contributed by atoms with Crippen LogP contribution in [0, 0.1) is 0 Å². The Morgan fingerprint density at radius 2 is 2.05 bits per heavy atom. The number of rotatable bonds is 4. The van der Waals surface area contributed by atoms with E-state index < -0.39 is 26.2 Å². The Kier molecular flexibility index (Phi) is 3.76. The van der Waals surface area contributed by atoms with E-state index in [4.69, 9.17) is 4.42 Å². The van der Waals surface area contributed by atoms with Gasteiger partial charge in [-0.3, -0.25) is 9.78 Å².